The molecular weight excluding hydrogens is 218 g/mol. The number of aromatic nitrogens is 1. The summed E-state index contributed by atoms with van der Waals surface area (Å²) < 4.78 is 4.63. The summed E-state index contributed by atoms with van der Waals surface area (Å²) in [5.41, 5.74) is -0.456. The summed E-state index contributed by atoms with van der Waals surface area (Å²) in [4.78, 5) is 12.1. The van der Waals surface area contributed by atoms with Gasteiger partial charge in [-0.15, -0.1) is 0 Å². The summed E-state index contributed by atoms with van der Waals surface area (Å²) in [5, 5.41) is 15.5. The number of carbonyl (C=O) groups excluding carboxylic acids is 1. The van der Waals surface area contributed by atoms with Gasteiger partial charge in [0.15, 0.2) is 0 Å². The maximum absolute atomic E-state index is 12.1. The molecule has 0 fully saturated rings. The smallest absolute Gasteiger partial charge is 0.244 e. The van der Waals surface area contributed by atoms with Gasteiger partial charge in [-0.25, -0.2) is 0 Å². The fraction of sp³-hybridized carbons (Fsp3) is 0.583. The highest BCUT2D eigenvalue weighted by molar-refractivity contribution is 5.96. The van der Waals surface area contributed by atoms with Gasteiger partial charge < -0.3 is 9.84 Å². The second kappa shape index (κ2) is 6.04. The number of anilines is 1. The molecule has 1 N–H and O–H groups in total. The first-order valence-corrected chi connectivity index (χ1v) is 5.80. The van der Waals surface area contributed by atoms with E-state index in [0.717, 1.165) is 12.8 Å². The van der Waals surface area contributed by atoms with E-state index in [1.54, 1.807) is 0 Å². The van der Waals surface area contributed by atoms with Gasteiger partial charge in [-0.2, -0.15) is 5.26 Å². The standard InChI is InChI=1S/C12H17N3O2/c1-3-5-12(9-13,6-4-2)11(16)15-10-7-14-17-8-10/h7-8H,3-6H2,1-2H3,(H,15,16). The van der Waals surface area contributed by atoms with Crippen molar-refractivity contribution in [2.75, 3.05) is 5.32 Å². The Bertz CT molecular complexity index is 386. The minimum absolute atomic E-state index is 0.271. The van der Waals surface area contributed by atoms with Gasteiger partial charge in [0.05, 0.1) is 12.3 Å². The van der Waals surface area contributed by atoms with E-state index in [1.165, 1.54) is 12.5 Å². The summed E-state index contributed by atoms with van der Waals surface area (Å²) in [6.45, 7) is 3.93. The monoisotopic (exact) mass is 235 g/mol. The molecule has 5 heteroatoms. The lowest BCUT2D eigenvalue weighted by molar-refractivity contribution is -0.123. The van der Waals surface area contributed by atoms with Crippen molar-refractivity contribution in [3.05, 3.63) is 12.5 Å². The van der Waals surface area contributed by atoms with Gasteiger partial charge >= 0.3 is 0 Å². The van der Waals surface area contributed by atoms with Crippen LogP contribution >= 0.6 is 0 Å². The molecule has 1 aromatic rings. The predicted octanol–water partition coefficient (Wildman–Crippen LogP) is 2.72. The highest BCUT2D eigenvalue weighted by Crippen LogP contribution is 2.30. The Morgan fingerprint density at radius 1 is 1.53 bits per heavy atom. The van der Waals surface area contributed by atoms with Crippen LogP contribution in [0, 0.1) is 16.7 Å². The lowest BCUT2D eigenvalue weighted by Gasteiger charge is -2.23. The Morgan fingerprint density at radius 2 is 2.18 bits per heavy atom. The molecule has 0 saturated heterocycles. The molecule has 17 heavy (non-hydrogen) atoms. The molecule has 0 saturated carbocycles. The highest BCUT2D eigenvalue weighted by atomic mass is 16.5. The van der Waals surface area contributed by atoms with Crippen LogP contribution < -0.4 is 5.32 Å². The molecule has 0 spiro atoms. The van der Waals surface area contributed by atoms with E-state index in [-0.39, 0.29) is 5.91 Å². The number of nitriles is 1. The molecule has 0 atom stereocenters. The summed E-state index contributed by atoms with van der Waals surface area (Å²) in [6, 6.07) is 2.17. The van der Waals surface area contributed by atoms with Crippen LogP contribution in [-0.4, -0.2) is 11.1 Å². The molecule has 0 aliphatic carbocycles. The normalized spacial score (nSPS) is 10.9. The molecule has 1 heterocycles. The Morgan fingerprint density at radius 3 is 2.59 bits per heavy atom. The average molecular weight is 235 g/mol. The SMILES string of the molecule is CCCC(C#N)(CCC)C(=O)Nc1cnoc1. The lowest BCUT2D eigenvalue weighted by Crippen LogP contribution is -2.34. The topological polar surface area (TPSA) is 78.9 Å². The quantitative estimate of drug-likeness (QED) is 0.822. The first-order chi connectivity index (χ1) is 8.18. The third kappa shape index (κ3) is 3.06. The lowest BCUT2D eigenvalue weighted by atomic mass is 9.80. The molecule has 0 aromatic carbocycles. The summed E-state index contributed by atoms with van der Waals surface area (Å²) in [5.74, 6) is -0.271. The van der Waals surface area contributed by atoms with Crippen LogP contribution in [0.3, 0.4) is 0 Å². The van der Waals surface area contributed by atoms with Gasteiger partial charge in [-0.1, -0.05) is 31.8 Å². The van der Waals surface area contributed by atoms with Crippen LogP contribution in [-0.2, 0) is 4.79 Å². The highest BCUT2D eigenvalue weighted by Gasteiger charge is 2.37. The Labute approximate surface area is 101 Å². The fourth-order valence-corrected chi connectivity index (χ4v) is 1.89. The first-order valence-electron chi connectivity index (χ1n) is 5.80. The minimum Gasteiger partial charge on any atom is -0.363 e. The van der Waals surface area contributed by atoms with Gasteiger partial charge in [0.1, 0.15) is 17.4 Å². The third-order valence-electron chi connectivity index (χ3n) is 2.69. The Balaban J connectivity index is 2.82. The number of rotatable bonds is 6. The predicted molar refractivity (Wildman–Crippen MR) is 63.0 cm³/mol. The number of hydrogen-bond donors (Lipinski definition) is 1. The Kier molecular flexibility index (Phi) is 4.70. The van der Waals surface area contributed by atoms with Crippen LogP contribution in [0.25, 0.3) is 0 Å². The van der Waals surface area contributed by atoms with Crippen LogP contribution in [0.5, 0.6) is 0 Å². The zero-order valence-electron chi connectivity index (χ0n) is 10.2. The van der Waals surface area contributed by atoms with E-state index in [2.05, 4.69) is 21.1 Å². The number of nitrogens with zero attached hydrogens (tertiary/aromatic N) is 2. The largest absolute Gasteiger partial charge is 0.363 e. The van der Waals surface area contributed by atoms with Crippen molar-refractivity contribution in [1.82, 2.24) is 5.16 Å². The minimum atomic E-state index is -0.944. The molecule has 0 aliphatic rings. The maximum Gasteiger partial charge on any atom is 0.244 e. The molecular formula is C12H17N3O2. The average Bonchev–Trinajstić information content (AvgIpc) is 2.81. The molecule has 1 amide bonds. The van der Waals surface area contributed by atoms with E-state index in [0.29, 0.717) is 18.5 Å². The van der Waals surface area contributed by atoms with Gasteiger partial charge in [0.25, 0.3) is 0 Å². The number of hydrogen-bond acceptors (Lipinski definition) is 4. The zero-order chi connectivity index (χ0) is 12.7. The van der Waals surface area contributed by atoms with Gasteiger partial charge in [-0.3, -0.25) is 4.79 Å². The molecule has 0 aliphatic heterocycles. The van der Waals surface area contributed by atoms with Gasteiger partial charge in [0, 0.05) is 0 Å². The van der Waals surface area contributed by atoms with E-state index in [1.807, 2.05) is 13.8 Å². The first kappa shape index (κ1) is 13.2. The van der Waals surface area contributed by atoms with E-state index in [9.17, 15) is 10.1 Å². The van der Waals surface area contributed by atoms with Crippen molar-refractivity contribution >= 4 is 11.6 Å². The molecule has 92 valence electrons. The number of nitrogens with one attached hydrogen (secondary N) is 1. The molecule has 0 unspecified atom stereocenters. The molecule has 1 aromatic heterocycles. The van der Waals surface area contributed by atoms with Crippen LogP contribution in [0.2, 0.25) is 0 Å². The van der Waals surface area contributed by atoms with Gasteiger partial charge in [0.2, 0.25) is 5.91 Å². The zero-order valence-corrected chi connectivity index (χ0v) is 10.2. The van der Waals surface area contributed by atoms with Crippen molar-refractivity contribution < 1.29 is 9.32 Å². The van der Waals surface area contributed by atoms with Crippen molar-refractivity contribution in [2.45, 2.75) is 39.5 Å². The van der Waals surface area contributed by atoms with Crippen LogP contribution in [0.15, 0.2) is 17.0 Å². The van der Waals surface area contributed by atoms with Crippen molar-refractivity contribution in [3.8, 4) is 6.07 Å². The van der Waals surface area contributed by atoms with Gasteiger partial charge in [-0.05, 0) is 12.8 Å². The summed E-state index contributed by atoms with van der Waals surface area (Å²) in [6.07, 6.45) is 5.48. The third-order valence-corrected chi connectivity index (χ3v) is 2.69. The number of carbonyl (C=O) groups is 1. The number of amides is 1. The van der Waals surface area contributed by atoms with E-state index >= 15 is 0 Å². The van der Waals surface area contributed by atoms with Crippen LogP contribution in [0.1, 0.15) is 39.5 Å². The Hall–Kier alpha value is -1.83. The van der Waals surface area contributed by atoms with Crippen molar-refractivity contribution in [1.29, 1.82) is 5.26 Å². The summed E-state index contributed by atoms with van der Waals surface area (Å²) >= 11 is 0. The maximum atomic E-state index is 12.1. The van der Waals surface area contributed by atoms with Crippen LogP contribution in [0.4, 0.5) is 5.69 Å². The molecule has 5 nitrogen and oxygen atoms in total. The van der Waals surface area contributed by atoms with E-state index < -0.39 is 5.41 Å². The fourth-order valence-electron chi connectivity index (χ4n) is 1.89. The second-order valence-corrected chi connectivity index (χ2v) is 4.06. The van der Waals surface area contributed by atoms with Crippen molar-refractivity contribution in [2.24, 2.45) is 5.41 Å². The second-order valence-electron chi connectivity index (χ2n) is 4.06. The summed E-state index contributed by atoms with van der Waals surface area (Å²) in [7, 11) is 0. The van der Waals surface area contributed by atoms with E-state index in [4.69, 9.17) is 0 Å². The molecule has 1 rings (SSSR count). The molecule has 0 bridgehead atoms. The van der Waals surface area contributed by atoms with Crippen molar-refractivity contribution in [3.63, 3.8) is 0 Å². The molecule has 0 radical (unpaired) electrons.